The van der Waals surface area contributed by atoms with Gasteiger partial charge in [-0.25, -0.2) is 0 Å². The van der Waals surface area contributed by atoms with Crippen molar-refractivity contribution in [3.05, 3.63) is 65.2 Å². The number of hydrogen-bond acceptors (Lipinski definition) is 2. The van der Waals surface area contributed by atoms with E-state index in [0.29, 0.717) is 6.54 Å². The molecule has 2 aromatic carbocycles. The standard InChI is InChI=1S/C17H22N2/c1-3-19(17-7-5-4-6-8-17)13-16-10-9-15(12-18)11-14(16)2/h4-11H,3,12-13,18H2,1-2H3. The molecule has 100 valence electrons. The summed E-state index contributed by atoms with van der Waals surface area (Å²) in [5.74, 6) is 0. The summed E-state index contributed by atoms with van der Waals surface area (Å²) in [7, 11) is 0. The lowest BCUT2D eigenvalue weighted by Crippen LogP contribution is -2.22. The maximum Gasteiger partial charge on any atom is 0.0431 e. The van der Waals surface area contributed by atoms with Gasteiger partial charge in [0.2, 0.25) is 0 Å². The van der Waals surface area contributed by atoms with E-state index in [2.05, 4.69) is 67.3 Å². The maximum absolute atomic E-state index is 5.68. The van der Waals surface area contributed by atoms with Gasteiger partial charge in [0.25, 0.3) is 0 Å². The molecule has 0 saturated carbocycles. The molecular formula is C17H22N2. The summed E-state index contributed by atoms with van der Waals surface area (Å²) in [6.45, 7) is 6.90. The molecule has 0 saturated heterocycles. The maximum atomic E-state index is 5.68. The molecule has 0 amide bonds. The molecule has 0 aliphatic rings. The number of nitrogens with two attached hydrogens (primary N) is 1. The molecule has 0 heterocycles. The normalized spacial score (nSPS) is 10.5. The molecule has 0 aliphatic carbocycles. The summed E-state index contributed by atoms with van der Waals surface area (Å²) in [5.41, 5.74) is 10.8. The minimum absolute atomic E-state index is 0.608. The highest BCUT2D eigenvalue weighted by Gasteiger charge is 2.07. The van der Waals surface area contributed by atoms with Crippen molar-refractivity contribution in [2.45, 2.75) is 26.9 Å². The van der Waals surface area contributed by atoms with Gasteiger partial charge in [-0.1, -0.05) is 36.4 Å². The second-order valence-corrected chi connectivity index (χ2v) is 4.81. The largest absolute Gasteiger partial charge is 0.367 e. The van der Waals surface area contributed by atoms with Gasteiger partial charge >= 0.3 is 0 Å². The fraction of sp³-hybridized carbons (Fsp3) is 0.294. The van der Waals surface area contributed by atoms with Crippen LogP contribution in [0.3, 0.4) is 0 Å². The predicted octanol–water partition coefficient (Wildman–Crippen LogP) is 3.48. The molecule has 2 nitrogen and oxygen atoms in total. The smallest absolute Gasteiger partial charge is 0.0431 e. The molecule has 0 spiro atoms. The molecule has 0 fully saturated rings. The van der Waals surface area contributed by atoms with Crippen LogP contribution in [0.25, 0.3) is 0 Å². The Balaban J connectivity index is 2.19. The third-order valence-electron chi connectivity index (χ3n) is 3.51. The van der Waals surface area contributed by atoms with Crippen LogP contribution in [-0.4, -0.2) is 6.54 Å². The summed E-state index contributed by atoms with van der Waals surface area (Å²) in [5, 5.41) is 0. The Morgan fingerprint density at radius 3 is 2.37 bits per heavy atom. The van der Waals surface area contributed by atoms with Crippen LogP contribution < -0.4 is 10.6 Å². The molecule has 0 aliphatic heterocycles. The van der Waals surface area contributed by atoms with Gasteiger partial charge < -0.3 is 10.6 Å². The van der Waals surface area contributed by atoms with E-state index < -0.39 is 0 Å². The average Bonchev–Trinajstić information content (AvgIpc) is 2.47. The lowest BCUT2D eigenvalue weighted by molar-refractivity contribution is 0.826. The Morgan fingerprint density at radius 2 is 1.79 bits per heavy atom. The summed E-state index contributed by atoms with van der Waals surface area (Å²) >= 11 is 0. The van der Waals surface area contributed by atoms with Crippen molar-refractivity contribution in [3.8, 4) is 0 Å². The first-order valence-electron chi connectivity index (χ1n) is 6.83. The van der Waals surface area contributed by atoms with Gasteiger partial charge in [-0.3, -0.25) is 0 Å². The van der Waals surface area contributed by atoms with Crippen LogP contribution in [0, 0.1) is 6.92 Å². The van der Waals surface area contributed by atoms with Crippen molar-refractivity contribution in [1.29, 1.82) is 0 Å². The zero-order valence-corrected chi connectivity index (χ0v) is 11.8. The van der Waals surface area contributed by atoms with Gasteiger partial charge in [-0.05, 0) is 42.7 Å². The van der Waals surface area contributed by atoms with E-state index in [0.717, 1.165) is 13.1 Å². The minimum atomic E-state index is 0.608. The van der Waals surface area contributed by atoms with Crippen molar-refractivity contribution in [2.75, 3.05) is 11.4 Å². The van der Waals surface area contributed by atoms with Gasteiger partial charge in [0.15, 0.2) is 0 Å². The minimum Gasteiger partial charge on any atom is -0.367 e. The molecule has 0 bridgehead atoms. The van der Waals surface area contributed by atoms with E-state index in [9.17, 15) is 0 Å². The fourth-order valence-electron chi connectivity index (χ4n) is 2.29. The summed E-state index contributed by atoms with van der Waals surface area (Å²) in [6.07, 6.45) is 0. The first-order chi connectivity index (χ1) is 9.24. The summed E-state index contributed by atoms with van der Waals surface area (Å²) in [6, 6.07) is 17.1. The number of para-hydroxylation sites is 1. The highest BCUT2D eigenvalue weighted by atomic mass is 15.1. The predicted molar refractivity (Wildman–Crippen MR) is 82.2 cm³/mol. The lowest BCUT2D eigenvalue weighted by atomic mass is 10.0. The number of nitrogens with zero attached hydrogens (tertiary/aromatic N) is 1. The van der Waals surface area contributed by atoms with Crippen molar-refractivity contribution < 1.29 is 0 Å². The van der Waals surface area contributed by atoms with E-state index in [1.807, 2.05) is 0 Å². The summed E-state index contributed by atoms with van der Waals surface area (Å²) in [4.78, 5) is 2.38. The molecule has 0 atom stereocenters. The Morgan fingerprint density at radius 1 is 1.05 bits per heavy atom. The molecule has 0 radical (unpaired) electrons. The van der Waals surface area contributed by atoms with E-state index in [1.54, 1.807) is 0 Å². The molecule has 2 aromatic rings. The molecule has 2 rings (SSSR count). The molecule has 2 heteroatoms. The Labute approximate surface area is 115 Å². The average molecular weight is 254 g/mol. The Kier molecular flexibility index (Phi) is 4.58. The number of benzene rings is 2. The Hall–Kier alpha value is -1.80. The van der Waals surface area contributed by atoms with Crippen molar-refractivity contribution >= 4 is 5.69 Å². The van der Waals surface area contributed by atoms with Crippen LogP contribution >= 0.6 is 0 Å². The first-order valence-corrected chi connectivity index (χ1v) is 6.83. The second-order valence-electron chi connectivity index (χ2n) is 4.81. The quantitative estimate of drug-likeness (QED) is 0.885. The highest BCUT2D eigenvalue weighted by molar-refractivity contribution is 5.47. The zero-order valence-electron chi connectivity index (χ0n) is 11.8. The van der Waals surface area contributed by atoms with Crippen molar-refractivity contribution in [1.82, 2.24) is 0 Å². The van der Waals surface area contributed by atoms with Crippen LogP contribution in [0.4, 0.5) is 5.69 Å². The fourth-order valence-corrected chi connectivity index (χ4v) is 2.29. The van der Waals surface area contributed by atoms with Crippen LogP contribution in [-0.2, 0) is 13.1 Å². The summed E-state index contributed by atoms with van der Waals surface area (Å²) < 4.78 is 0. The van der Waals surface area contributed by atoms with Gasteiger partial charge in [-0.15, -0.1) is 0 Å². The van der Waals surface area contributed by atoms with E-state index in [4.69, 9.17) is 5.73 Å². The van der Waals surface area contributed by atoms with Crippen molar-refractivity contribution in [2.24, 2.45) is 5.73 Å². The third kappa shape index (κ3) is 3.36. The zero-order chi connectivity index (χ0) is 13.7. The van der Waals surface area contributed by atoms with Gasteiger partial charge in [0.1, 0.15) is 0 Å². The molecule has 19 heavy (non-hydrogen) atoms. The van der Waals surface area contributed by atoms with Crippen LogP contribution in [0.5, 0.6) is 0 Å². The second kappa shape index (κ2) is 6.39. The van der Waals surface area contributed by atoms with Crippen molar-refractivity contribution in [3.63, 3.8) is 0 Å². The molecule has 0 unspecified atom stereocenters. The SMILES string of the molecule is CCN(Cc1ccc(CN)cc1C)c1ccccc1. The van der Waals surface area contributed by atoms with Gasteiger partial charge in [0.05, 0.1) is 0 Å². The number of anilines is 1. The monoisotopic (exact) mass is 254 g/mol. The first kappa shape index (κ1) is 13.6. The topological polar surface area (TPSA) is 29.3 Å². The van der Waals surface area contributed by atoms with E-state index in [1.165, 1.54) is 22.4 Å². The van der Waals surface area contributed by atoms with Gasteiger partial charge in [0, 0.05) is 25.3 Å². The number of hydrogen-bond donors (Lipinski definition) is 1. The molecule has 2 N–H and O–H groups in total. The molecular weight excluding hydrogens is 232 g/mol. The third-order valence-corrected chi connectivity index (χ3v) is 3.51. The van der Waals surface area contributed by atoms with Crippen LogP contribution in [0.1, 0.15) is 23.6 Å². The number of aryl methyl sites for hydroxylation is 1. The lowest BCUT2D eigenvalue weighted by Gasteiger charge is -2.24. The van der Waals surface area contributed by atoms with E-state index in [-0.39, 0.29) is 0 Å². The highest BCUT2D eigenvalue weighted by Crippen LogP contribution is 2.19. The van der Waals surface area contributed by atoms with Crippen LogP contribution in [0.15, 0.2) is 48.5 Å². The van der Waals surface area contributed by atoms with E-state index >= 15 is 0 Å². The number of rotatable bonds is 5. The van der Waals surface area contributed by atoms with Gasteiger partial charge in [-0.2, -0.15) is 0 Å². The van der Waals surface area contributed by atoms with Crippen LogP contribution in [0.2, 0.25) is 0 Å². The Bertz CT molecular complexity index is 520. The molecule has 0 aromatic heterocycles.